The van der Waals surface area contributed by atoms with Crippen molar-refractivity contribution in [3.63, 3.8) is 0 Å². The number of ether oxygens (including phenoxy) is 1. The van der Waals surface area contributed by atoms with Crippen molar-refractivity contribution in [1.29, 1.82) is 0 Å². The summed E-state index contributed by atoms with van der Waals surface area (Å²) in [6.07, 6.45) is 2.76. The summed E-state index contributed by atoms with van der Waals surface area (Å²) < 4.78 is 10.4. The van der Waals surface area contributed by atoms with E-state index in [1.54, 1.807) is 7.11 Å². The second kappa shape index (κ2) is 6.60. The van der Waals surface area contributed by atoms with Crippen molar-refractivity contribution in [1.82, 2.24) is 10.1 Å². The monoisotopic (exact) mass is 227 g/mol. The highest BCUT2D eigenvalue weighted by Crippen LogP contribution is 2.18. The Balaban J connectivity index is 2.50. The summed E-state index contributed by atoms with van der Waals surface area (Å²) in [6.45, 7) is 4.76. The lowest BCUT2D eigenvalue weighted by molar-refractivity contribution is 0.116. The topological polar surface area (TPSA) is 74.2 Å². The largest absolute Gasteiger partial charge is 0.381 e. The van der Waals surface area contributed by atoms with E-state index in [1.165, 1.54) is 0 Å². The molecule has 2 N–H and O–H groups in total. The minimum Gasteiger partial charge on any atom is -0.381 e. The first kappa shape index (κ1) is 13.1. The number of nitrogens with zero attached hydrogens (tertiary/aromatic N) is 2. The lowest BCUT2D eigenvalue weighted by atomic mass is 10.1. The van der Waals surface area contributed by atoms with Crippen molar-refractivity contribution < 1.29 is 9.26 Å². The standard InChI is InChI=1S/C11H21N3O2/c1-8(5-4-6-12)11-13-10(14-16-11)7-9(2)15-3/h8-9H,4-7,12H2,1-3H3. The van der Waals surface area contributed by atoms with Gasteiger partial charge in [-0.3, -0.25) is 0 Å². The first-order valence-corrected chi connectivity index (χ1v) is 5.72. The molecule has 0 spiro atoms. The molecule has 16 heavy (non-hydrogen) atoms. The maximum atomic E-state index is 5.46. The van der Waals surface area contributed by atoms with Crippen molar-refractivity contribution in [3.05, 3.63) is 11.7 Å². The third-order valence-electron chi connectivity index (χ3n) is 2.62. The zero-order chi connectivity index (χ0) is 12.0. The van der Waals surface area contributed by atoms with Gasteiger partial charge >= 0.3 is 0 Å². The van der Waals surface area contributed by atoms with Crippen LogP contribution in [0.1, 0.15) is 44.3 Å². The summed E-state index contributed by atoms with van der Waals surface area (Å²) in [6, 6.07) is 0. The van der Waals surface area contributed by atoms with Crippen LogP contribution < -0.4 is 5.73 Å². The number of hydrogen-bond acceptors (Lipinski definition) is 5. The minimum absolute atomic E-state index is 0.116. The molecule has 1 aromatic rings. The van der Waals surface area contributed by atoms with Gasteiger partial charge in [0.1, 0.15) is 0 Å². The molecule has 5 nitrogen and oxygen atoms in total. The Morgan fingerprint density at radius 1 is 1.44 bits per heavy atom. The zero-order valence-electron chi connectivity index (χ0n) is 10.3. The van der Waals surface area contributed by atoms with Crippen molar-refractivity contribution in [2.45, 2.75) is 45.1 Å². The van der Waals surface area contributed by atoms with Gasteiger partial charge in [-0.05, 0) is 26.3 Å². The summed E-state index contributed by atoms with van der Waals surface area (Å²) in [7, 11) is 1.68. The summed E-state index contributed by atoms with van der Waals surface area (Å²) in [4.78, 5) is 4.35. The molecule has 0 aliphatic rings. The number of hydrogen-bond donors (Lipinski definition) is 1. The van der Waals surface area contributed by atoms with Crippen LogP contribution >= 0.6 is 0 Å². The van der Waals surface area contributed by atoms with Gasteiger partial charge in [0.05, 0.1) is 6.10 Å². The van der Waals surface area contributed by atoms with E-state index in [9.17, 15) is 0 Å². The van der Waals surface area contributed by atoms with E-state index in [1.807, 2.05) is 6.92 Å². The van der Waals surface area contributed by atoms with Crippen LogP contribution in [0, 0.1) is 0 Å². The summed E-state index contributed by atoms with van der Waals surface area (Å²) in [5.41, 5.74) is 5.46. The van der Waals surface area contributed by atoms with Crippen molar-refractivity contribution in [3.8, 4) is 0 Å². The van der Waals surface area contributed by atoms with Gasteiger partial charge in [0.15, 0.2) is 5.82 Å². The molecule has 0 radical (unpaired) electrons. The van der Waals surface area contributed by atoms with Crippen molar-refractivity contribution in [2.75, 3.05) is 13.7 Å². The van der Waals surface area contributed by atoms with Crippen molar-refractivity contribution >= 4 is 0 Å². The van der Waals surface area contributed by atoms with Gasteiger partial charge in [0.2, 0.25) is 5.89 Å². The fourth-order valence-electron chi connectivity index (χ4n) is 1.44. The maximum absolute atomic E-state index is 5.46. The summed E-state index contributed by atoms with van der Waals surface area (Å²) in [5, 5.41) is 3.94. The van der Waals surface area contributed by atoms with E-state index >= 15 is 0 Å². The molecule has 1 aromatic heterocycles. The molecule has 0 amide bonds. The molecule has 1 rings (SSSR count). The normalized spacial score (nSPS) is 15.0. The third kappa shape index (κ3) is 3.90. The van der Waals surface area contributed by atoms with E-state index in [-0.39, 0.29) is 12.0 Å². The van der Waals surface area contributed by atoms with Gasteiger partial charge in [-0.15, -0.1) is 0 Å². The Hall–Kier alpha value is -0.940. The number of methoxy groups -OCH3 is 1. The van der Waals surface area contributed by atoms with E-state index in [0.29, 0.717) is 24.7 Å². The molecule has 0 saturated carbocycles. The predicted molar refractivity (Wildman–Crippen MR) is 61.2 cm³/mol. The van der Waals surface area contributed by atoms with Crippen LogP contribution in [-0.2, 0) is 11.2 Å². The zero-order valence-corrected chi connectivity index (χ0v) is 10.3. The Morgan fingerprint density at radius 2 is 2.19 bits per heavy atom. The molecule has 0 bridgehead atoms. The Labute approximate surface area is 96.4 Å². The molecule has 5 heteroatoms. The molecule has 0 aliphatic heterocycles. The van der Waals surface area contributed by atoms with E-state index in [0.717, 1.165) is 12.8 Å². The molecule has 92 valence electrons. The second-order valence-corrected chi connectivity index (χ2v) is 4.13. The summed E-state index contributed by atoms with van der Waals surface area (Å²) >= 11 is 0. The molecule has 0 aromatic carbocycles. The highest BCUT2D eigenvalue weighted by molar-refractivity contribution is 4.93. The molecule has 1 heterocycles. The van der Waals surface area contributed by atoms with Gasteiger partial charge in [0, 0.05) is 19.4 Å². The Kier molecular flexibility index (Phi) is 5.42. The molecule has 0 saturated heterocycles. The third-order valence-corrected chi connectivity index (χ3v) is 2.62. The first-order valence-electron chi connectivity index (χ1n) is 5.72. The molecule has 0 aliphatic carbocycles. The number of nitrogens with two attached hydrogens (primary N) is 1. The van der Waals surface area contributed by atoms with Crippen LogP contribution in [0.3, 0.4) is 0 Å². The van der Waals surface area contributed by atoms with Gasteiger partial charge in [-0.25, -0.2) is 0 Å². The fourth-order valence-corrected chi connectivity index (χ4v) is 1.44. The number of aromatic nitrogens is 2. The predicted octanol–water partition coefficient (Wildman–Crippen LogP) is 1.49. The quantitative estimate of drug-likeness (QED) is 0.764. The van der Waals surface area contributed by atoms with Crippen LogP contribution in [0.5, 0.6) is 0 Å². The average Bonchev–Trinajstić information content (AvgIpc) is 2.74. The van der Waals surface area contributed by atoms with Gasteiger partial charge in [-0.1, -0.05) is 12.1 Å². The first-order chi connectivity index (χ1) is 7.67. The molecule has 0 fully saturated rings. The van der Waals surface area contributed by atoms with Crippen molar-refractivity contribution in [2.24, 2.45) is 5.73 Å². The highest BCUT2D eigenvalue weighted by atomic mass is 16.5. The van der Waals surface area contributed by atoms with Gasteiger partial charge in [0.25, 0.3) is 0 Å². The molecular formula is C11H21N3O2. The summed E-state index contributed by atoms with van der Waals surface area (Å²) in [5.74, 6) is 1.69. The fraction of sp³-hybridized carbons (Fsp3) is 0.818. The van der Waals surface area contributed by atoms with Gasteiger partial charge < -0.3 is 15.0 Å². The molecule has 2 unspecified atom stereocenters. The van der Waals surface area contributed by atoms with Crippen LogP contribution in [0.2, 0.25) is 0 Å². The van der Waals surface area contributed by atoms with Crippen LogP contribution in [-0.4, -0.2) is 29.9 Å². The maximum Gasteiger partial charge on any atom is 0.229 e. The Morgan fingerprint density at radius 3 is 2.81 bits per heavy atom. The highest BCUT2D eigenvalue weighted by Gasteiger charge is 2.15. The minimum atomic E-state index is 0.116. The van der Waals surface area contributed by atoms with E-state index in [2.05, 4.69) is 17.1 Å². The van der Waals surface area contributed by atoms with Gasteiger partial charge in [-0.2, -0.15) is 4.98 Å². The lowest BCUT2D eigenvalue weighted by Crippen LogP contribution is -2.09. The molecular weight excluding hydrogens is 206 g/mol. The van der Waals surface area contributed by atoms with Crippen LogP contribution in [0.25, 0.3) is 0 Å². The second-order valence-electron chi connectivity index (χ2n) is 4.13. The smallest absolute Gasteiger partial charge is 0.229 e. The van der Waals surface area contributed by atoms with Crippen LogP contribution in [0.4, 0.5) is 0 Å². The SMILES string of the molecule is COC(C)Cc1noc(C(C)CCCN)n1. The lowest BCUT2D eigenvalue weighted by Gasteiger charge is -2.05. The van der Waals surface area contributed by atoms with E-state index < -0.39 is 0 Å². The number of rotatable bonds is 7. The molecule has 2 atom stereocenters. The Bertz CT molecular complexity index is 301. The van der Waals surface area contributed by atoms with E-state index in [4.69, 9.17) is 15.0 Å². The van der Waals surface area contributed by atoms with Crippen LogP contribution in [0.15, 0.2) is 4.52 Å². The average molecular weight is 227 g/mol.